The number of amides is 1. The van der Waals surface area contributed by atoms with Crippen LogP contribution in [0.1, 0.15) is 16.1 Å². The molecule has 0 aliphatic rings. The summed E-state index contributed by atoms with van der Waals surface area (Å²) in [5.41, 5.74) is 0.948. The lowest BCUT2D eigenvalue weighted by Gasteiger charge is -2.08. The lowest BCUT2D eigenvalue weighted by Crippen LogP contribution is -2.26. The molecule has 0 aliphatic heterocycles. The lowest BCUT2D eigenvalue weighted by atomic mass is 10.2. The number of carbonyl (C=O) groups excluding carboxylic acids is 1. The van der Waals surface area contributed by atoms with E-state index in [2.05, 4.69) is 10.4 Å². The second-order valence-electron chi connectivity index (χ2n) is 5.31. The van der Waals surface area contributed by atoms with Crippen molar-refractivity contribution in [3.63, 3.8) is 0 Å². The van der Waals surface area contributed by atoms with Crippen molar-refractivity contribution in [3.8, 4) is 0 Å². The van der Waals surface area contributed by atoms with Gasteiger partial charge >= 0.3 is 0 Å². The molecule has 0 saturated heterocycles. The number of nitrogens with one attached hydrogen (secondary N) is 1. The van der Waals surface area contributed by atoms with Crippen LogP contribution in [0, 0.1) is 5.82 Å². The summed E-state index contributed by atoms with van der Waals surface area (Å²) < 4.78 is 14.1. The fourth-order valence-electron chi connectivity index (χ4n) is 2.21. The Labute approximate surface area is 147 Å². The average Bonchev–Trinajstić information content (AvgIpc) is 2.59. The molecule has 5 nitrogen and oxygen atoms in total. The summed E-state index contributed by atoms with van der Waals surface area (Å²) in [6.45, 7) is 0.136. The van der Waals surface area contributed by atoms with Gasteiger partial charge in [0.25, 0.3) is 11.5 Å². The maximum absolute atomic E-state index is 13.0. The summed E-state index contributed by atoms with van der Waals surface area (Å²) in [7, 11) is 0. The minimum Gasteiger partial charge on any atom is -0.321 e. The highest BCUT2D eigenvalue weighted by atomic mass is 35.5. The van der Waals surface area contributed by atoms with Gasteiger partial charge in [-0.25, -0.2) is 9.07 Å². The first kappa shape index (κ1) is 16.9. The number of nitrogens with zero attached hydrogens (tertiary/aromatic N) is 2. The molecule has 7 heteroatoms. The standard InChI is InChI=1S/C18H13ClFN3O2/c19-13-2-1-3-15(10-13)21-18(25)16-8-9-17(24)23(22-16)11-12-4-6-14(20)7-5-12/h1-10H,11H2,(H,21,25). The van der Waals surface area contributed by atoms with Crippen molar-refractivity contribution in [2.24, 2.45) is 0 Å². The zero-order valence-electron chi connectivity index (χ0n) is 12.9. The summed E-state index contributed by atoms with van der Waals surface area (Å²) >= 11 is 5.88. The van der Waals surface area contributed by atoms with E-state index in [9.17, 15) is 14.0 Å². The summed E-state index contributed by atoms with van der Waals surface area (Å²) in [6.07, 6.45) is 0. The highest BCUT2D eigenvalue weighted by Gasteiger charge is 2.10. The van der Waals surface area contributed by atoms with E-state index in [1.54, 1.807) is 36.4 Å². The second-order valence-corrected chi connectivity index (χ2v) is 5.74. The van der Waals surface area contributed by atoms with Crippen molar-refractivity contribution < 1.29 is 9.18 Å². The molecule has 0 bridgehead atoms. The van der Waals surface area contributed by atoms with Gasteiger partial charge in [0.1, 0.15) is 11.5 Å². The molecular weight excluding hydrogens is 345 g/mol. The third-order valence-corrected chi connectivity index (χ3v) is 3.66. The van der Waals surface area contributed by atoms with Gasteiger partial charge in [0.05, 0.1) is 6.54 Å². The number of hydrogen-bond donors (Lipinski definition) is 1. The molecule has 0 atom stereocenters. The molecule has 0 unspecified atom stereocenters. The van der Waals surface area contributed by atoms with E-state index in [0.717, 1.165) is 4.68 Å². The summed E-state index contributed by atoms with van der Waals surface area (Å²) in [5.74, 6) is -0.825. The third kappa shape index (κ3) is 4.30. The Bertz CT molecular complexity index is 971. The van der Waals surface area contributed by atoms with E-state index >= 15 is 0 Å². The molecule has 3 aromatic rings. The maximum atomic E-state index is 13.0. The van der Waals surface area contributed by atoms with Gasteiger partial charge in [0.15, 0.2) is 0 Å². The van der Waals surface area contributed by atoms with Gasteiger partial charge in [0, 0.05) is 16.8 Å². The van der Waals surface area contributed by atoms with Gasteiger partial charge < -0.3 is 5.32 Å². The first-order valence-corrected chi connectivity index (χ1v) is 7.78. The molecular formula is C18H13ClFN3O2. The number of benzene rings is 2. The smallest absolute Gasteiger partial charge is 0.276 e. The normalized spacial score (nSPS) is 10.5. The average molecular weight is 358 g/mol. The molecule has 25 heavy (non-hydrogen) atoms. The largest absolute Gasteiger partial charge is 0.321 e. The molecule has 1 N–H and O–H groups in total. The van der Waals surface area contributed by atoms with Crippen molar-refractivity contribution in [1.29, 1.82) is 0 Å². The Hall–Kier alpha value is -2.99. The Morgan fingerprint density at radius 2 is 1.88 bits per heavy atom. The van der Waals surface area contributed by atoms with Crippen molar-refractivity contribution in [2.75, 3.05) is 5.32 Å². The number of rotatable bonds is 4. The number of aromatic nitrogens is 2. The van der Waals surface area contributed by atoms with E-state index in [0.29, 0.717) is 16.3 Å². The van der Waals surface area contributed by atoms with Crippen LogP contribution in [0.3, 0.4) is 0 Å². The number of carbonyl (C=O) groups is 1. The van der Waals surface area contributed by atoms with Crippen LogP contribution in [0.2, 0.25) is 5.02 Å². The number of hydrogen-bond acceptors (Lipinski definition) is 3. The van der Waals surface area contributed by atoms with Crippen LogP contribution >= 0.6 is 11.6 Å². The molecule has 2 aromatic carbocycles. The second kappa shape index (κ2) is 7.27. The Morgan fingerprint density at radius 3 is 2.60 bits per heavy atom. The first-order valence-electron chi connectivity index (χ1n) is 7.41. The molecule has 0 spiro atoms. The highest BCUT2D eigenvalue weighted by molar-refractivity contribution is 6.30. The van der Waals surface area contributed by atoms with Crippen LogP contribution in [0.4, 0.5) is 10.1 Å². The molecule has 0 fully saturated rings. The van der Waals surface area contributed by atoms with Crippen LogP contribution in [-0.4, -0.2) is 15.7 Å². The van der Waals surface area contributed by atoms with Crippen LogP contribution < -0.4 is 10.9 Å². The Morgan fingerprint density at radius 1 is 1.12 bits per heavy atom. The molecule has 126 valence electrons. The van der Waals surface area contributed by atoms with Crippen molar-refractivity contribution in [1.82, 2.24) is 9.78 Å². The zero-order chi connectivity index (χ0) is 17.8. The zero-order valence-corrected chi connectivity index (χ0v) is 13.7. The maximum Gasteiger partial charge on any atom is 0.276 e. The molecule has 0 aliphatic carbocycles. The molecule has 0 radical (unpaired) electrons. The van der Waals surface area contributed by atoms with Crippen molar-refractivity contribution in [2.45, 2.75) is 6.54 Å². The Balaban J connectivity index is 1.82. The van der Waals surface area contributed by atoms with Crippen LogP contribution in [0.25, 0.3) is 0 Å². The first-order chi connectivity index (χ1) is 12.0. The summed E-state index contributed by atoms with van der Waals surface area (Å²) in [4.78, 5) is 24.2. The van der Waals surface area contributed by atoms with Gasteiger partial charge in [-0.05, 0) is 42.0 Å². The van der Waals surface area contributed by atoms with Crippen LogP contribution in [0.5, 0.6) is 0 Å². The topological polar surface area (TPSA) is 64.0 Å². The Kier molecular flexibility index (Phi) is 4.90. The number of halogens is 2. The fourth-order valence-corrected chi connectivity index (χ4v) is 2.40. The van der Waals surface area contributed by atoms with E-state index in [1.807, 2.05) is 0 Å². The van der Waals surface area contributed by atoms with Crippen molar-refractivity contribution >= 4 is 23.2 Å². The van der Waals surface area contributed by atoms with E-state index in [4.69, 9.17) is 11.6 Å². The van der Waals surface area contributed by atoms with Crippen LogP contribution in [0.15, 0.2) is 65.5 Å². The van der Waals surface area contributed by atoms with E-state index in [1.165, 1.54) is 24.3 Å². The monoisotopic (exact) mass is 357 g/mol. The van der Waals surface area contributed by atoms with Gasteiger partial charge in [-0.15, -0.1) is 0 Å². The minimum absolute atomic E-state index is 0.0849. The number of anilines is 1. The molecule has 3 rings (SSSR count). The minimum atomic E-state index is -0.463. The van der Waals surface area contributed by atoms with E-state index < -0.39 is 5.91 Å². The van der Waals surface area contributed by atoms with Crippen LogP contribution in [-0.2, 0) is 6.54 Å². The predicted octanol–water partition coefficient (Wildman–Crippen LogP) is 3.34. The van der Waals surface area contributed by atoms with Crippen molar-refractivity contribution in [3.05, 3.63) is 93.1 Å². The quantitative estimate of drug-likeness (QED) is 0.779. The molecule has 1 amide bonds. The van der Waals surface area contributed by atoms with Gasteiger partial charge in [-0.3, -0.25) is 9.59 Å². The SMILES string of the molecule is O=C(Nc1cccc(Cl)c1)c1ccc(=O)n(Cc2ccc(F)cc2)n1. The molecule has 1 heterocycles. The fraction of sp³-hybridized carbons (Fsp3) is 0.0556. The summed E-state index contributed by atoms with van der Waals surface area (Å²) in [5, 5.41) is 7.23. The van der Waals surface area contributed by atoms with Gasteiger partial charge in [-0.2, -0.15) is 5.10 Å². The lowest BCUT2D eigenvalue weighted by molar-refractivity contribution is 0.102. The summed E-state index contributed by atoms with van der Waals surface area (Å²) in [6, 6.07) is 15.0. The van der Waals surface area contributed by atoms with Gasteiger partial charge in [-0.1, -0.05) is 29.8 Å². The molecule has 1 aromatic heterocycles. The van der Waals surface area contributed by atoms with Gasteiger partial charge in [0.2, 0.25) is 0 Å². The predicted molar refractivity (Wildman–Crippen MR) is 93.4 cm³/mol. The molecule has 0 saturated carbocycles. The third-order valence-electron chi connectivity index (χ3n) is 3.43. The van der Waals surface area contributed by atoms with E-state index in [-0.39, 0.29) is 23.6 Å². The highest BCUT2D eigenvalue weighted by Crippen LogP contribution is 2.15.